The van der Waals surface area contributed by atoms with Gasteiger partial charge in [0.1, 0.15) is 10.9 Å². The molecule has 1 aliphatic rings. The van der Waals surface area contributed by atoms with Gasteiger partial charge in [-0.1, -0.05) is 15.9 Å². The van der Waals surface area contributed by atoms with Crippen LogP contribution in [0.15, 0.2) is 22.7 Å². The number of benzene rings is 1. The van der Waals surface area contributed by atoms with Crippen LogP contribution in [0, 0.1) is 0 Å². The number of nitrogens with zero attached hydrogens (tertiary/aromatic N) is 1. The third kappa shape index (κ3) is 2.40. The molecular weight excluding hydrogens is 354 g/mol. The van der Waals surface area contributed by atoms with E-state index in [9.17, 15) is 9.59 Å². The zero-order valence-electron chi connectivity index (χ0n) is 11.4. The third-order valence-corrected chi connectivity index (χ3v) is 5.31. The van der Waals surface area contributed by atoms with E-state index in [2.05, 4.69) is 21.2 Å². The first-order valence-electron chi connectivity index (χ1n) is 6.55. The molecule has 3 N–H and O–H groups in total. The monoisotopic (exact) mass is 367 g/mol. The molecule has 1 aromatic heterocycles. The summed E-state index contributed by atoms with van der Waals surface area (Å²) in [6.45, 7) is 2.71. The molecule has 0 saturated carbocycles. The zero-order chi connectivity index (χ0) is 15.1. The van der Waals surface area contributed by atoms with Crippen molar-refractivity contribution in [3.8, 4) is 0 Å². The summed E-state index contributed by atoms with van der Waals surface area (Å²) in [6, 6.07) is 5.29. The summed E-state index contributed by atoms with van der Waals surface area (Å²) in [4.78, 5) is 26.5. The second kappa shape index (κ2) is 5.31. The average Bonchev–Trinajstić information content (AvgIpc) is 2.78. The van der Waals surface area contributed by atoms with Gasteiger partial charge in [0.2, 0.25) is 5.91 Å². The number of hydrogen-bond donors (Lipinski definition) is 2. The molecule has 2 amide bonds. The van der Waals surface area contributed by atoms with Crippen molar-refractivity contribution in [2.24, 2.45) is 0 Å². The summed E-state index contributed by atoms with van der Waals surface area (Å²) >= 11 is 4.78. The normalized spacial score (nSPS) is 18.9. The van der Waals surface area contributed by atoms with Crippen molar-refractivity contribution in [2.45, 2.75) is 13.0 Å². The second-order valence-electron chi connectivity index (χ2n) is 4.95. The van der Waals surface area contributed by atoms with Crippen molar-refractivity contribution in [3.63, 3.8) is 0 Å². The Morgan fingerprint density at radius 3 is 3.05 bits per heavy atom. The Labute approximate surface area is 134 Å². The Bertz CT molecular complexity index is 743. The van der Waals surface area contributed by atoms with Crippen LogP contribution in [0.3, 0.4) is 0 Å². The molecule has 7 heteroatoms. The smallest absolute Gasteiger partial charge is 0.266 e. The van der Waals surface area contributed by atoms with E-state index in [0.717, 1.165) is 14.6 Å². The number of halogens is 1. The van der Waals surface area contributed by atoms with Gasteiger partial charge in [-0.25, -0.2) is 0 Å². The van der Waals surface area contributed by atoms with Gasteiger partial charge in [0.05, 0.1) is 5.69 Å². The fourth-order valence-corrected chi connectivity index (χ4v) is 3.86. The third-order valence-electron chi connectivity index (χ3n) is 3.64. The highest BCUT2D eigenvalue weighted by atomic mass is 79.9. The van der Waals surface area contributed by atoms with Gasteiger partial charge in [-0.3, -0.25) is 9.59 Å². The molecular formula is C14H14BrN3O2S. The minimum atomic E-state index is -0.470. The molecule has 2 heterocycles. The predicted molar refractivity (Wildman–Crippen MR) is 87.4 cm³/mol. The number of nitrogens with one attached hydrogen (secondary N) is 1. The summed E-state index contributed by atoms with van der Waals surface area (Å²) in [7, 11) is 0. The van der Waals surface area contributed by atoms with Gasteiger partial charge < -0.3 is 16.0 Å². The lowest BCUT2D eigenvalue weighted by molar-refractivity contribution is -0.127. The molecule has 0 bridgehead atoms. The van der Waals surface area contributed by atoms with E-state index >= 15 is 0 Å². The van der Waals surface area contributed by atoms with Gasteiger partial charge in [-0.2, -0.15) is 0 Å². The molecule has 1 aliphatic heterocycles. The maximum atomic E-state index is 12.7. The number of piperazine rings is 1. The van der Waals surface area contributed by atoms with Crippen molar-refractivity contribution in [2.75, 3.05) is 18.8 Å². The minimum Gasteiger partial charge on any atom is -0.397 e. The molecule has 1 unspecified atom stereocenters. The summed E-state index contributed by atoms with van der Waals surface area (Å²) in [5, 5.41) is 3.62. The summed E-state index contributed by atoms with van der Waals surface area (Å²) in [6.07, 6.45) is 0. The van der Waals surface area contributed by atoms with Gasteiger partial charge in [-0.05, 0) is 25.1 Å². The Hall–Kier alpha value is -1.60. The van der Waals surface area contributed by atoms with Crippen molar-refractivity contribution in [1.29, 1.82) is 0 Å². The highest BCUT2D eigenvalue weighted by Crippen LogP contribution is 2.36. The molecule has 0 aliphatic carbocycles. The zero-order valence-corrected chi connectivity index (χ0v) is 13.8. The highest BCUT2D eigenvalue weighted by molar-refractivity contribution is 9.10. The summed E-state index contributed by atoms with van der Waals surface area (Å²) in [5.74, 6) is -0.302. The van der Waals surface area contributed by atoms with Gasteiger partial charge in [0, 0.05) is 27.6 Å². The number of nitrogens with two attached hydrogens (primary N) is 1. The van der Waals surface area contributed by atoms with E-state index in [1.54, 1.807) is 11.8 Å². The lowest BCUT2D eigenvalue weighted by Crippen LogP contribution is -2.55. The maximum absolute atomic E-state index is 12.7. The molecule has 1 saturated heterocycles. The second-order valence-corrected chi connectivity index (χ2v) is 6.92. The molecule has 2 aromatic rings. The Morgan fingerprint density at radius 1 is 1.52 bits per heavy atom. The predicted octanol–water partition coefficient (Wildman–Crippen LogP) is 2.21. The molecule has 1 fully saturated rings. The summed E-state index contributed by atoms with van der Waals surface area (Å²) in [5.41, 5.74) is 6.62. The number of rotatable bonds is 1. The molecule has 21 heavy (non-hydrogen) atoms. The van der Waals surface area contributed by atoms with Crippen molar-refractivity contribution >= 4 is 54.9 Å². The first-order valence-corrected chi connectivity index (χ1v) is 8.16. The fourth-order valence-electron chi connectivity index (χ4n) is 2.44. The van der Waals surface area contributed by atoms with E-state index in [1.807, 2.05) is 18.2 Å². The lowest BCUT2D eigenvalue weighted by atomic mass is 10.1. The number of carbonyl (C=O) groups is 2. The molecule has 0 spiro atoms. The van der Waals surface area contributed by atoms with E-state index in [4.69, 9.17) is 5.73 Å². The Balaban J connectivity index is 2.01. The van der Waals surface area contributed by atoms with Crippen molar-refractivity contribution in [1.82, 2.24) is 10.2 Å². The SMILES string of the molecule is CC1C(=O)NCCN1C(=O)c1sc2ccc(Br)cc2c1N. The topological polar surface area (TPSA) is 75.4 Å². The van der Waals surface area contributed by atoms with Gasteiger partial charge in [0.25, 0.3) is 5.91 Å². The molecule has 1 atom stereocenters. The van der Waals surface area contributed by atoms with E-state index < -0.39 is 6.04 Å². The van der Waals surface area contributed by atoms with Crippen LogP contribution in [0.1, 0.15) is 16.6 Å². The number of amides is 2. The number of hydrogen-bond acceptors (Lipinski definition) is 4. The first kappa shape index (κ1) is 14.3. The minimum absolute atomic E-state index is 0.128. The van der Waals surface area contributed by atoms with Crippen LogP contribution in [0.2, 0.25) is 0 Å². The average molecular weight is 368 g/mol. The van der Waals surface area contributed by atoms with E-state index in [1.165, 1.54) is 11.3 Å². The Kier molecular flexibility index (Phi) is 3.62. The molecule has 1 aromatic carbocycles. The molecule has 0 radical (unpaired) electrons. The lowest BCUT2D eigenvalue weighted by Gasteiger charge is -2.32. The maximum Gasteiger partial charge on any atom is 0.266 e. The van der Waals surface area contributed by atoms with Crippen LogP contribution in [0.5, 0.6) is 0 Å². The molecule has 110 valence electrons. The number of carbonyl (C=O) groups excluding carboxylic acids is 2. The van der Waals surface area contributed by atoms with Crippen LogP contribution in [0.4, 0.5) is 5.69 Å². The van der Waals surface area contributed by atoms with Gasteiger partial charge >= 0.3 is 0 Å². The highest BCUT2D eigenvalue weighted by Gasteiger charge is 2.32. The number of fused-ring (bicyclic) bond motifs is 1. The fraction of sp³-hybridized carbons (Fsp3) is 0.286. The van der Waals surface area contributed by atoms with Crippen LogP contribution < -0.4 is 11.1 Å². The number of nitrogen functional groups attached to an aromatic ring is 1. The summed E-state index contributed by atoms with van der Waals surface area (Å²) < 4.78 is 1.89. The quantitative estimate of drug-likeness (QED) is 0.811. The standard InChI is InChI=1S/C14H14BrN3O2S/c1-7-13(19)17-4-5-18(7)14(20)12-11(16)9-6-8(15)2-3-10(9)21-12/h2-3,6-7H,4-5,16H2,1H3,(H,17,19). The first-order chi connectivity index (χ1) is 9.99. The van der Waals surface area contributed by atoms with Crippen LogP contribution in [-0.2, 0) is 4.79 Å². The van der Waals surface area contributed by atoms with Gasteiger partial charge in [0.15, 0.2) is 0 Å². The Morgan fingerprint density at radius 2 is 2.29 bits per heavy atom. The van der Waals surface area contributed by atoms with E-state index in [-0.39, 0.29) is 11.8 Å². The van der Waals surface area contributed by atoms with Crippen LogP contribution >= 0.6 is 27.3 Å². The largest absolute Gasteiger partial charge is 0.397 e. The number of thiophene rings is 1. The molecule has 3 rings (SSSR count). The van der Waals surface area contributed by atoms with Crippen molar-refractivity contribution in [3.05, 3.63) is 27.5 Å². The number of anilines is 1. The van der Waals surface area contributed by atoms with Gasteiger partial charge in [-0.15, -0.1) is 11.3 Å². The van der Waals surface area contributed by atoms with E-state index in [0.29, 0.717) is 23.7 Å². The van der Waals surface area contributed by atoms with Crippen LogP contribution in [-0.4, -0.2) is 35.8 Å². The van der Waals surface area contributed by atoms with Crippen LogP contribution in [0.25, 0.3) is 10.1 Å². The molecule has 5 nitrogen and oxygen atoms in total. The van der Waals surface area contributed by atoms with Crippen molar-refractivity contribution < 1.29 is 9.59 Å².